The first-order valence-corrected chi connectivity index (χ1v) is 8.48. The lowest BCUT2D eigenvalue weighted by Gasteiger charge is -2.43. The van der Waals surface area contributed by atoms with Crippen LogP contribution < -0.4 is 5.32 Å². The van der Waals surface area contributed by atoms with Gasteiger partial charge in [0.25, 0.3) is 5.91 Å². The maximum absolute atomic E-state index is 12.9. The molecule has 25 heavy (non-hydrogen) atoms. The smallest absolute Gasteiger partial charge is 0.329 e. The van der Waals surface area contributed by atoms with Crippen molar-refractivity contribution in [3.05, 3.63) is 23.9 Å². The Labute approximate surface area is 145 Å². The monoisotopic (exact) mass is 340 g/mol. The predicted octanol–water partition coefficient (Wildman–Crippen LogP) is 1.49. The van der Waals surface area contributed by atoms with Crippen molar-refractivity contribution in [2.75, 3.05) is 18.9 Å². The van der Waals surface area contributed by atoms with E-state index in [0.717, 1.165) is 24.2 Å². The maximum Gasteiger partial charge on any atom is 0.329 e. The molecule has 0 bridgehead atoms. The van der Waals surface area contributed by atoms with Gasteiger partial charge in [0.1, 0.15) is 5.82 Å². The number of nitrogens with one attached hydrogen (secondary N) is 1. The first kappa shape index (κ1) is 15.7. The van der Waals surface area contributed by atoms with E-state index in [1.807, 2.05) is 19.1 Å². The largest absolute Gasteiger partial charge is 0.373 e. The number of aliphatic imine (C=N–C) groups is 2. The Morgan fingerprint density at radius 3 is 2.64 bits per heavy atom. The van der Waals surface area contributed by atoms with Crippen LogP contribution in [0, 0.1) is 0 Å². The molecule has 1 unspecified atom stereocenters. The number of aromatic nitrogens is 1. The summed E-state index contributed by atoms with van der Waals surface area (Å²) >= 11 is 0. The van der Waals surface area contributed by atoms with E-state index >= 15 is 0 Å². The van der Waals surface area contributed by atoms with Gasteiger partial charge in [0.2, 0.25) is 0 Å². The fourth-order valence-corrected chi connectivity index (χ4v) is 3.35. The molecule has 1 aromatic rings. The molecule has 0 aromatic carbocycles. The number of anilines is 1. The first-order chi connectivity index (χ1) is 12.0. The zero-order valence-electron chi connectivity index (χ0n) is 14.5. The van der Waals surface area contributed by atoms with Crippen LogP contribution in [0.5, 0.6) is 0 Å². The molecule has 1 aromatic heterocycles. The number of nitrogens with zero attached hydrogens (tertiary/aromatic N) is 5. The van der Waals surface area contributed by atoms with Crippen molar-refractivity contribution in [1.82, 2.24) is 14.8 Å². The van der Waals surface area contributed by atoms with Gasteiger partial charge in [-0.3, -0.25) is 14.6 Å². The lowest BCUT2D eigenvalue weighted by atomic mass is 10.0. The Kier molecular flexibility index (Phi) is 3.38. The molecular weight excluding hydrogens is 320 g/mol. The van der Waals surface area contributed by atoms with E-state index in [9.17, 15) is 9.59 Å². The minimum atomic E-state index is -1.05. The molecule has 4 rings (SSSR count). The summed E-state index contributed by atoms with van der Waals surface area (Å²) in [4.78, 5) is 42.1. The number of amidine groups is 1. The van der Waals surface area contributed by atoms with Crippen LogP contribution >= 0.6 is 0 Å². The van der Waals surface area contributed by atoms with Gasteiger partial charge in [-0.15, -0.1) is 0 Å². The molecule has 1 saturated carbocycles. The molecule has 0 spiro atoms. The third-order valence-corrected chi connectivity index (χ3v) is 4.88. The zero-order chi connectivity index (χ0) is 17.8. The topological polar surface area (TPSA) is 90.3 Å². The normalized spacial score (nSPS) is 25.7. The highest BCUT2D eigenvalue weighted by molar-refractivity contribution is 6.49. The Bertz CT molecular complexity index is 811. The molecule has 0 radical (unpaired) electrons. The van der Waals surface area contributed by atoms with Crippen molar-refractivity contribution >= 4 is 29.3 Å². The second-order valence-electron chi connectivity index (χ2n) is 6.53. The minimum Gasteiger partial charge on any atom is -0.373 e. The predicted molar refractivity (Wildman–Crippen MR) is 93.8 cm³/mol. The quantitative estimate of drug-likeness (QED) is 0.899. The number of hydrogen-bond acceptors (Lipinski definition) is 6. The third kappa shape index (κ3) is 2.24. The summed E-state index contributed by atoms with van der Waals surface area (Å²) in [5.74, 6) is 0.850. The average Bonchev–Trinajstić information content (AvgIpc) is 3.37. The molecule has 8 nitrogen and oxygen atoms in total. The highest BCUT2D eigenvalue weighted by atomic mass is 16.2. The van der Waals surface area contributed by atoms with Gasteiger partial charge in [-0.25, -0.2) is 19.8 Å². The van der Waals surface area contributed by atoms with Crippen LogP contribution in [0.1, 0.15) is 32.3 Å². The number of amides is 3. The molecule has 1 aliphatic carbocycles. The molecule has 3 heterocycles. The van der Waals surface area contributed by atoms with E-state index in [4.69, 9.17) is 0 Å². The van der Waals surface area contributed by atoms with Gasteiger partial charge in [-0.05, 0) is 38.8 Å². The summed E-state index contributed by atoms with van der Waals surface area (Å²) in [5.41, 5.74) is -0.0179. The van der Waals surface area contributed by atoms with Crippen LogP contribution in [0.3, 0.4) is 0 Å². The van der Waals surface area contributed by atoms with Gasteiger partial charge in [-0.1, -0.05) is 0 Å². The van der Waals surface area contributed by atoms with Crippen LogP contribution in [0.4, 0.5) is 10.6 Å². The number of carbonyl (C=O) groups excluding carboxylic acids is 2. The zero-order valence-corrected chi connectivity index (χ0v) is 14.5. The van der Waals surface area contributed by atoms with Gasteiger partial charge in [0, 0.05) is 31.4 Å². The summed E-state index contributed by atoms with van der Waals surface area (Å²) in [7, 11) is 1.79. The molecule has 8 heteroatoms. The lowest BCUT2D eigenvalue weighted by molar-refractivity contribution is -0.124. The average molecular weight is 340 g/mol. The van der Waals surface area contributed by atoms with Gasteiger partial charge in [-0.2, -0.15) is 0 Å². The summed E-state index contributed by atoms with van der Waals surface area (Å²) < 4.78 is 0. The Hall–Kier alpha value is -2.77. The highest BCUT2D eigenvalue weighted by Gasteiger charge is 2.56. The van der Waals surface area contributed by atoms with Crippen LogP contribution in [-0.2, 0) is 4.79 Å². The molecule has 3 amide bonds. The van der Waals surface area contributed by atoms with Crippen LogP contribution in [-0.4, -0.2) is 63.6 Å². The number of fused-ring (bicyclic) bond motifs is 1. The molecule has 2 aliphatic heterocycles. The Morgan fingerprint density at radius 2 is 2.08 bits per heavy atom. The second kappa shape index (κ2) is 5.37. The van der Waals surface area contributed by atoms with Crippen molar-refractivity contribution in [3.8, 4) is 0 Å². The maximum atomic E-state index is 12.9. The van der Waals surface area contributed by atoms with Crippen molar-refractivity contribution in [2.24, 2.45) is 9.98 Å². The molecule has 130 valence electrons. The van der Waals surface area contributed by atoms with E-state index in [2.05, 4.69) is 20.3 Å². The number of carbonyl (C=O) groups is 2. The van der Waals surface area contributed by atoms with Crippen LogP contribution in [0.25, 0.3) is 0 Å². The summed E-state index contributed by atoms with van der Waals surface area (Å²) in [6.07, 6.45) is 3.39. The second-order valence-corrected chi connectivity index (χ2v) is 6.53. The van der Waals surface area contributed by atoms with E-state index in [0.29, 0.717) is 18.1 Å². The van der Waals surface area contributed by atoms with Crippen molar-refractivity contribution < 1.29 is 9.59 Å². The fourth-order valence-electron chi connectivity index (χ4n) is 3.35. The molecular formula is C17H20N6O2. The standard InChI is InChI=1S/C17H20N6O2/c1-4-22-16(25)23(11-6-7-11)15(24)13-17(22,2)21-14(20-13)10-5-8-12(18-3)19-9-10/h5,8-9,11H,4,6-7H2,1-3H3,(H,18,19). The molecule has 1 N–H and O–H groups in total. The molecule has 1 saturated heterocycles. The summed E-state index contributed by atoms with van der Waals surface area (Å²) in [5, 5.41) is 2.96. The SMILES string of the molecule is CCN1C(=O)N(C2CC2)C(=O)C2=NC(c3ccc(NC)nc3)=NC21C. The Morgan fingerprint density at radius 1 is 1.32 bits per heavy atom. The molecule has 3 aliphatic rings. The van der Waals surface area contributed by atoms with Gasteiger partial charge < -0.3 is 5.32 Å². The lowest BCUT2D eigenvalue weighted by Crippen LogP contribution is -2.67. The third-order valence-electron chi connectivity index (χ3n) is 4.88. The fraction of sp³-hybridized carbons (Fsp3) is 0.471. The summed E-state index contributed by atoms with van der Waals surface area (Å²) in [6.45, 7) is 4.12. The first-order valence-electron chi connectivity index (χ1n) is 8.48. The van der Waals surface area contributed by atoms with Gasteiger partial charge in [0.05, 0.1) is 0 Å². The van der Waals surface area contributed by atoms with Gasteiger partial charge >= 0.3 is 6.03 Å². The number of urea groups is 1. The number of pyridine rings is 1. The van der Waals surface area contributed by atoms with E-state index < -0.39 is 5.66 Å². The van der Waals surface area contributed by atoms with Crippen LogP contribution in [0.2, 0.25) is 0 Å². The Balaban J connectivity index is 1.77. The molecule has 2 fully saturated rings. The molecule has 1 atom stereocenters. The number of imide groups is 1. The number of hydrogen-bond donors (Lipinski definition) is 1. The highest BCUT2D eigenvalue weighted by Crippen LogP contribution is 2.37. The van der Waals surface area contributed by atoms with Crippen molar-refractivity contribution in [1.29, 1.82) is 0 Å². The number of rotatable bonds is 4. The minimum absolute atomic E-state index is 0.00179. The summed E-state index contributed by atoms with van der Waals surface area (Å²) in [6, 6.07) is 3.40. The van der Waals surface area contributed by atoms with Gasteiger partial charge in [0.15, 0.2) is 17.2 Å². The van der Waals surface area contributed by atoms with E-state index in [1.165, 1.54) is 4.90 Å². The van der Waals surface area contributed by atoms with Crippen molar-refractivity contribution in [3.63, 3.8) is 0 Å². The van der Waals surface area contributed by atoms with Crippen LogP contribution in [0.15, 0.2) is 28.3 Å². The van der Waals surface area contributed by atoms with E-state index in [1.54, 1.807) is 25.1 Å². The van der Waals surface area contributed by atoms with Crippen molar-refractivity contribution in [2.45, 2.75) is 38.4 Å². The van der Waals surface area contributed by atoms with E-state index in [-0.39, 0.29) is 18.0 Å².